The highest BCUT2D eigenvalue weighted by Crippen LogP contribution is 2.71. The van der Waals surface area contributed by atoms with Crippen molar-refractivity contribution in [1.82, 2.24) is 0 Å². The van der Waals surface area contributed by atoms with E-state index in [-0.39, 0.29) is 30.5 Å². The molecule has 8 nitrogen and oxygen atoms in total. The van der Waals surface area contributed by atoms with Crippen molar-refractivity contribution in [2.24, 2.45) is 22.7 Å². The lowest BCUT2D eigenvalue weighted by atomic mass is 9.46. The second kappa shape index (κ2) is 8.10. The van der Waals surface area contributed by atoms with Gasteiger partial charge in [-0.2, -0.15) is 0 Å². The van der Waals surface area contributed by atoms with Gasteiger partial charge < -0.3 is 19.7 Å². The van der Waals surface area contributed by atoms with E-state index in [1.54, 1.807) is 13.0 Å². The molecule has 0 aromatic rings. The van der Waals surface area contributed by atoms with Crippen LogP contribution in [-0.4, -0.2) is 62.5 Å². The summed E-state index contributed by atoms with van der Waals surface area (Å²) in [4.78, 5) is 48.7. The fraction of sp³-hybridized carbons (Fsp3) is 0.680. The lowest BCUT2D eigenvalue weighted by Gasteiger charge is -2.64. The van der Waals surface area contributed by atoms with Gasteiger partial charge in [-0.05, 0) is 49.7 Å². The van der Waals surface area contributed by atoms with E-state index in [4.69, 9.17) is 9.47 Å². The van der Waals surface area contributed by atoms with E-state index in [2.05, 4.69) is 15.9 Å². The van der Waals surface area contributed by atoms with Crippen molar-refractivity contribution >= 4 is 39.4 Å². The molecule has 0 aromatic carbocycles. The number of rotatable bonds is 4. The van der Waals surface area contributed by atoms with Crippen LogP contribution in [0.15, 0.2) is 23.8 Å². The van der Waals surface area contributed by atoms with Crippen molar-refractivity contribution in [3.05, 3.63) is 23.8 Å². The summed E-state index contributed by atoms with van der Waals surface area (Å²) in [6.07, 6.45) is 4.38. The van der Waals surface area contributed by atoms with Gasteiger partial charge in [-0.3, -0.25) is 19.2 Å². The van der Waals surface area contributed by atoms with Crippen molar-refractivity contribution in [3.8, 4) is 0 Å². The Morgan fingerprint density at radius 3 is 2.47 bits per heavy atom. The number of Topliss-reactive ketones (excluding diaryl/α,β-unsaturated/α-hetero) is 1. The minimum atomic E-state index is -2.14. The van der Waals surface area contributed by atoms with Gasteiger partial charge in [0.05, 0.1) is 10.4 Å². The maximum absolute atomic E-state index is 13.3. The van der Waals surface area contributed by atoms with Gasteiger partial charge in [-0.1, -0.05) is 41.4 Å². The number of carbonyl (C=O) groups excluding carboxylic acids is 4. The van der Waals surface area contributed by atoms with Gasteiger partial charge in [0.2, 0.25) is 5.78 Å². The third-order valence-corrected chi connectivity index (χ3v) is 10.9. The Kier molecular flexibility index (Phi) is 6.02. The average molecular weight is 539 g/mol. The van der Waals surface area contributed by atoms with Crippen LogP contribution in [0.3, 0.4) is 0 Å². The first-order valence-electron chi connectivity index (χ1n) is 11.6. The Hall–Kier alpha value is -1.84. The van der Waals surface area contributed by atoms with Gasteiger partial charge in [0.1, 0.15) is 6.10 Å². The van der Waals surface area contributed by atoms with E-state index in [1.807, 2.05) is 13.0 Å². The van der Waals surface area contributed by atoms with Crippen molar-refractivity contribution < 1.29 is 38.9 Å². The van der Waals surface area contributed by atoms with Crippen LogP contribution < -0.4 is 0 Å². The molecule has 0 spiro atoms. The normalized spacial score (nSPS) is 44.9. The second-order valence-corrected chi connectivity index (χ2v) is 11.9. The van der Waals surface area contributed by atoms with Crippen LogP contribution in [0.1, 0.15) is 53.4 Å². The number of carbonyl (C=O) groups is 4. The number of hydrogen-bond donors (Lipinski definition) is 2. The standard InChI is InChI=1S/C25H31BrO8/c1-13(27)33-12-20(31)25(32)21(34-14(2)28)10-18-17-6-5-15-9-16(29)7-8-22(15,3)24(17,26)19(30)11-23(18,25)4/h7-9,17-19,21,30,32H,5-6,10-12H2,1-4H3/t17?,18?,19-,21+,22-,23-,24-,25+/m0/s1. The van der Waals surface area contributed by atoms with E-state index >= 15 is 0 Å². The predicted octanol–water partition coefficient (Wildman–Crippen LogP) is 2.19. The largest absolute Gasteiger partial charge is 0.459 e. The number of ketones is 2. The summed E-state index contributed by atoms with van der Waals surface area (Å²) in [7, 11) is 0. The summed E-state index contributed by atoms with van der Waals surface area (Å²) in [5, 5.41) is 23.6. The first-order chi connectivity index (χ1) is 15.7. The summed E-state index contributed by atoms with van der Waals surface area (Å²) >= 11 is 3.91. The van der Waals surface area contributed by atoms with Gasteiger partial charge >= 0.3 is 11.9 Å². The molecule has 0 saturated heterocycles. The van der Waals surface area contributed by atoms with Crippen molar-refractivity contribution in [1.29, 1.82) is 0 Å². The third kappa shape index (κ3) is 3.23. The molecule has 186 valence electrons. The molecule has 8 atom stereocenters. The number of halogens is 1. The molecule has 9 heteroatoms. The zero-order valence-electron chi connectivity index (χ0n) is 19.8. The number of ether oxygens (including phenoxy) is 2. The molecule has 0 heterocycles. The monoisotopic (exact) mass is 538 g/mol. The molecule has 4 aliphatic rings. The zero-order valence-corrected chi connectivity index (χ0v) is 21.4. The van der Waals surface area contributed by atoms with Crippen LogP contribution in [0.2, 0.25) is 0 Å². The van der Waals surface area contributed by atoms with Crippen LogP contribution in [-0.2, 0) is 28.7 Å². The first-order valence-corrected chi connectivity index (χ1v) is 12.4. The van der Waals surface area contributed by atoms with Gasteiger partial charge in [0, 0.05) is 24.7 Å². The van der Waals surface area contributed by atoms with Crippen LogP contribution in [0.4, 0.5) is 0 Å². The number of esters is 2. The molecule has 4 aliphatic carbocycles. The molecule has 4 rings (SSSR count). The first kappa shape index (κ1) is 25.3. The molecule has 0 aromatic heterocycles. The number of aliphatic hydroxyl groups excluding tert-OH is 1. The van der Waals surface area contributed by atoms with Crippen LogP contribution in [0.5, 0.6) is 0 Å². The van der Waals surface area contributed by atoms with Crippen LogP contribution in [0.25, 0.3) is 0 Å². The highest BCUT2D eigenvalue weighted by molar-refractivity contribution is 9.10. The Labute approximate surface area is 206 Å². The molecule has 34 heavy (non-hydrogen) atoms. The lowest BCUT2D eigenvalue weighted by molar-refractivity contribution is -0.194. The summed E-state index contributed by atoms with van der Waals surface area (Å²) in [5.74, 6) is -2.63. The number of allylic oxidation sites excluding steroid dienone is 4. The van der Waals surface area contributed by atoms with E-state index < -0.39 is 57.3 Å². The lowest BCUT2D eigenvalue weighted by Crippen LogP contribution is -2.69. The zero-order chi connectivity index (χ0) is 25.3. The SMILES string of the molecule is CC(=O)OCC(=O)[C@@]1(O)[C@H](OC(C)=O)CC2C3CCC4=CC(=O)C=C[C@]4(C)[C@@]3(Br)[C@@H](O)C[C@@]21C. The Balaban J connectivity index is 1.80. The molecule has 0 bridgehead atoms. The summed E-state index contributed by atoms with van der Waals surface area (Å²) in [5.41, 5.74) is -2.99. The van der Waals surface area contributed by atoms with Gasteiger partial charge in [0.15, 0.2) is 18.0 Å². The predicted molar refractivity (Wildman–Crippen MR) is 124 cm³/mol. The summed E-state index contributed by atoms with van der Waals surface area (Å²) in [6, 6.07) is 0. The number of hydrogen-bond acceptors (Lipinski definition) is 8. The number of alkyl halides is 1. The number of fused-ring (bicyclic) bond motifs is 5. The maximum atomic E-state index is 13.3. The fourth-order valence-corrected chi connectivity index (χ4v) is 8.41. The van der Waals surface area contributed by atoms with Crippen molar-refractivity contribution in [2.75, 3.05) is 6.61 Å². The van der Waals surface area contributed by atoms with Crippen molar-refractivity contribution in [3.63, 3.8) is 0 Å². The average Bonchev–Trinajstić information content (AvgIpc) is 2.95. The molecule has 2 N–H and O–H groups in total. The molecular weight excluding hydrogens is 508 g/mol. The van der Waals surface area contributed by atoms with Gasteiger partial charge in [-0.25, -0.2) is 0 Å². The van der Waals surface area contributed by atoms with Gasteiger partial charge in [0.25, 0.3) is 0 Å². The molecule has 0 amide bonds. The van der Waals surface area contributed by atoms with E-state index in [0.29, 0.717) is 12.8 Å². The van der Waals surface area contributed by atoms with Gasteiger partial charge in [-0.15, -0.1) is 0 Å². The molecule has 3 saturated carbocycles. The van der Waals surface area contributed by atoms with E-state index in [1.165, 1.54) is 19.9 Å². The number of aliphatic hydroxyl groups is 2. The Bertz CT molecular complexity index is 1020. The fourth-order valence-electron chi connectivity index (χ4n) is 7.31. The highest BCUT2D eigenvalue weighted by atomic mass is 79.9. The molecule has 3 fully saturated rings. The Morgan fingerprint density at radius 1 is 1.18 bits per heavy atom. The molecule has 2 unspecified atom stereocenters. The van der Waals surface area contributed by atoms with E-state index in [0.717, 1.165) is 5.57 Å². The summed E-state index contributed by atoms with van der Waals surface area (Å²) in [6.45, 7) is 5.47. The quantitative estimate of drug-likeness (QED) is 0.411. The maximum Gasteiger partial charge on any atom is 0.303 e. The molecule has 0 radical (unpaired) electrons. The third-order valence-electron chi connectivity index (χ3n) is 8.98. The second-order valence-electron chi connectivity index (χ2n) is 10.6. The van der Waals surface area contributed by atoms with Crippen LogP contribution >= 0.6 is 15.9 Å². The topological polar surface area (TPSA) is 127 Å². The minimum Gasteiger partial charge on any atom is -0.459 e. The van der Waals surface area contributed by atoms with E-state index in [9.17, 15) is 29.4 Å². The highest BCUT2D eigenvalue weighted by Gasteiger charge is 2.76. The smallest absolute Gasteiger partial charge is 0.303 e. The Morgan fingerprint density at radius 2 is 1.85 bits per heavy atom. The minimum absolute atomic E-state index is 0.0458. The molecule has 0 aliphatic heterocycles. The van der Waals surface area contributed by atoms with Crippen molar-refractivity contribution in [2.45, 2.75) is 75.5 Å². The van der Waals surface area contributed by atoms with Crippen LogP contribution in [0, 0.1) is 22.7 Å². The summed E-state index contributed by atoms with van der Waals surface area (Å²) < 4.78 is 9.54. The molecular formula is C25H31BrO8.